The van der Waals surface area contributed by atoms with E-state index in [2.05, 4.69) is 19.9 Å². The largest absolute Gasteiger partial charge is 0.394 e. The van der Waals surface area contributed by atoms with Crippen LogP contribution in [0.5, 0.6) is 0 Å². The molecule has 9 fully saturated rings. The van der Waals surface area contributed by atoms with Crippen LogP contribution >= 0.6 is 0 Å². The van der Waals surface area contributed by atoms with Gasteiger partial charge in [0, 0.05) is 7.11 Å². The highest BCUT2D eigenvalue weighted by atomic mass is 16.8. The zero-order valence-corrected chi connectivity index (χ0v) is 49.8. The Morgan fingerprint density at radius 3 is 1.56 bits per heavy atom. The van der Waals surface area contributed by atoms with Crippen molar-refractivity contribution in [2.45, 2.75) is 275 Å². The number of methoxy groups -OCH3 is 1. The summed E-state index contributed by atoms with van der Waals surface area (Å²) in [7, 11) is 1.40. The van der Waals surface area contributed by atoms with Gasteiger partial charge < -0.3 is 144 Å². The predicted molar refractivity (Wildman–Crippen MR) is 289 cm³/mol. The van der Waals surface area contributed by atoms with E-state index in [1.54, 1.807) is 6.92 Å². The van der Waals surface area contributed by atoms with E-state index in [1.165, 1.54) is 19.6 Å². The summed E-state index contributed by atoms with van der Waals surface area (Å²) in [6, 6.07) is 0. The molecule has 0 aromatic heterocycles. The highest BCUT2D eigenvalue weighted by molar-refractivity contribution is 5.28. The topological polar surface area (TPSA) is 466 Å². The van der Waals surface area contributed by atoms with Crippen molar-refractivity contribution in [3.8, 4) is 0 Å². The molecule has 4 aliphatic carbocycles. The Morgan fingerprint density at radius 2 is 1.00 bits per heavy atom. The summed E-state index contributed by atoms with van der Waals surface area (Å²) in [5, 5.41) is 196. The molecule has 38 atom stereocenters. The Hall–Kier alpha value is -1.42. The van der Waals surface area contributed by atoms with E-state index in [0.717, 1.165) is 12.8 Å². The van der Waals surface area contributed by atoms with Crippen molar-refractivity contribution in [3.05, 3.63) is 11.6 Å². The zero-order valence-electron chi connectivity index (χ0n) is 49.8. The molecule has 0 spiro atoms. The minimum atomic E-state index is -1.82. The Balaban J connectivity index is 0.754. The molecule has 502 valence electrons. The van der Waals surface area contributed by atoms with Crippen molar-refractivity contribution in [1.82, 2.24) is 0 Å². The van der Waals surface area contributed by atoms with Gasteiger partial charge in [-0.3, -0.25) is 0 Å². The number of aliphatic hydroxyl groups is 18. The van der Waals surface area contributed by atoms with Crippen LogP contribution in [0.25, 0.3) is 0 Å². The molecule has 87 heavy (non-hydrogen) atoms. The van der Waals surface area contributed by atoms with E-state index in [4.69, 9.17) is 52.1 Å². The summed E-state index contributed by atoms with van der Waals surface area (Å²) in [5.41, 5.74) is -0.918. The lowest BCUT2D eigenvalue weighted by molar-refractivity contribution is -0.353. The average Bonchev–Trinajstić information content (AvgIpc) is 1.66. The van der Waals surface area contributed by atoms with E-state index in [-0.39, 0.29) is 29.1 Å². The molecular weight excluding hydrogens is 1160 g/mol. The molecule has 0 bridgehead atoms. The summed E-state index contributed by atoms with van der Waals surface area (Å²) >= 11 is 0. The van der Waals surface area contributed by atoms with Gasteiger partial charge in [0.15, 0.2) is 25.2 Å². The summed E-state index contributed by atoms with van der Waals surface area (Å²) in [6.45, 7) is 7.09. The van der Waals surface area contributed by atoms with E-state index >= 15 is 0 Å². The van der Waals surface area contributed by atoms with Crippen molar-refractivity contribution in [2.24, 2.45) is 40.4 Å². The molecule has 0 radical (unpaired) electrons. The van der Waals surface area contributed by atoms with Gasteiger partial charge in [0.25, 0.3) is 0 Å². The Morgan fingerprint density at radius 1 is 0.506 bits per heavy atom. The molecule has 6 heterocycles. The van der Waals surface area contributed by atoms with E-state index in [9.17, 15) is 91.9 Å². The van der Waals surface area contributed by atoms with Gasteiger partial charge >= 0.3 is 0 Å². The van der Waals surface area contributed by atoms with Gasteiger partial charge in [0.1, 0.15) is 134 Å². The summed E-state index contributed by atoms with van der Waals surface area (Å²) in [4.78, 5) is 0. The normalized spacial score (nSPS) is 56.0. The van der Waals surface area contributed by atoms with E-state index in [1.807, 2.05) is 6.92 Å². The van der Waals surface area contributed by atoms with Crippen LogP contribution in [0, 0.1) is 40.4 Å². The highest BCUT2D eigenvalue weighted by Gasteiger charge is 2.68. The third kappa shape index (κ3) is 12.2. The van der Waals surface area contributed by atoms with Gasteiger partial charge in [-0.15, -0.1) is 0 Å². The smallest absolute Gasteiger partial charge is 0.187 e. The molecule has 6 saturated heterocycles. The maximum absolute atomic E-state index is 13.2. The number of ether oxygens (including phenoxy) is 11. The minimum Gasteiger partial charge on any atom is -0.394 e. The average molecular weight is 1260 g/mol. The molecule has 6 aliphatic heterocycles. The van der Waals surface area contributed by atoms with E-state index < -0.39 is 227 Å². The second-order valence-electron chi connectivity index (χ2n) is 27.1. The third-order valence-electron chi connectivity index (χ3n) is 22.4. The van der Waals surface area contributed by atoms with Crippen molar-refractivity contribution in [1.29, 1.82) is 0 Å². The highest BCUT2D eigenvalue weighted by Crippen LogP contribution is 2.69. The molecule has 10 aliphatic rings. The van der Waals surface area contributed by atoms with Crippen molar-refractivity contribution < 1.29 is 144 Å². The van der Waals surface area contributed by atoms with Crippen LogP contribution in [0.3, 0.4) is 0 Å². The second-order valence-corrected chi connectivity index (χ2v) is 27.1. The Kier molecular flexibility index (Phi) is 21.1. The molecule has 18 N–H and O–H groups in total. The molecule has 29 heteroatoms. The lowest BCUT2D eigenvalue weighted by Crippen LogP contribution is -2.65. The fraction of sp³-hybridized carbons (Fsp3) is 0.966. The number of allylic oxidation sites excluding steroid dienone is 2. The molecule has 0 unspecified atom stereocenters. The number of aliphatic hydroxyl groups excluding tert-OH is 17. The quantitative estimate of drug-likeness (QED) is 0.0639. The van der Waals surface area contributed by atoms with Crippen molar-refractivity contribution in [3.63, 3.8) is 0 Å². The molecule has 0 amide bonds. The Labute approximate surface area is 503 Å². The second kappa shape index (κ2) is 26.8. The van der Waals surface area contributed by atoms with Crippen LogP contribution in [-0.2, 0) is 52.1 Å². The zero-order chi connectivity index (χ0) is 63.3. The lowest BCUT2D eigenvalue weighted by atomic mass is 9.44. The van der Waals surface area contributed by atoms with Gasteiger partial charge in [-0.1, -0.05) is 32.4 Å². The number of fused-ring (bicyclic) bond motifs is 5. The van der Waals surface area contributed by atoms with Crippen LogP contribution < -0.4 is 0 Å². The van der Waals surface area contributed by atoms with Gasteiger partial charge in [-0.05, 0) is 106 Å². The molecule has 0 aromatic rings. The fourth-order valence-electron chi connectivity index (χ4n) is 16.9. The monoisotopic (exact) mass is 1260 g/mol. The first-order valence-electron chi connectivity index (χ1n) is 30.9. The molecule has 3 saturated carbocycles. The number of hydrogen-bond donors (Lipinski definition) is 18. The van der Waals surface area contributed by atoms with Gasteiger partial charge in [0.05, 0.1) is 56.4 Å². The molecule has 10 rings (SSSR count). The van der Waals surface area contributed by atoms with Gasteiger partial charge in [-0.2, -0.15) is 0 Å². The lowest BCUT2D eigenvalue weighted by Gasteiger charge is -2.62. The summed E-state index contributed by atoms with van der Waals surface area (Å²) in [6.07, 6.45) is -36.6. The maximum atomic E-state index is 13.2. The maximum Gasteiger partial charge on any atom is 0.187 e. The minimum absolute atomic E-state index is 0.0874. The number of hydrogen-bond acceptors (Lipinski definition) is 29. The standard InChI is InChI=1S/C58H96O29/c1-20(48-42(70)38(66)34(62)29(83-48)17-79-54-45(73)40(68)35(63)30(85-54)18-78-52-43(71)37(65)32(60)21(2)82-52)25-11-14-58(76)27-8-7-24-15-23(9-12-56(24,4)26(27)10-13-57(25,58)5)50-47(75)51(77-6)49(22(3)81-50)87-55-46(74)41(69)36(64)31(86-55)19-80-53-44(72)39(67)33(61)28(16-59)84-53/h7,20-23,25-55,59-76H,8-19H2,1-6H3/t20-,21+,22-,23+,25-,26+,27-,28-,29-,30-,31-,32+,33-,34-,35-,36-,37-,38+,39+,40+,41+,42-,43-,44-,45-,46-,47+,48+,49+,50+,51-,52-,53-,54-,55+,56+,57-,58+/m1/s1. The first kappa shape index (κ1) is 68.4. The van der Waals surface area contributed by atoms with Gasteiger partial charge in [0.2, 0.25) is 0 Å². The van der Waals surface area contributed by atoms with Crippen molar-refractivity contribution in [2.75, 3.05) is 33.5 Å². The SMILES string of the molecule is CO[C@@H]1[C@@H](O)[C@H]([C@H]2CC[C@@]3(C)C(=CC[C@@H]4[C@@H]3CC[C@]3(C)[C@@H]([C@@H](C)[C@@H]5O[C@H](CO[C@@H]6O[C@H](CO[C@@H]7O[C@@H](C)[C@H](O)[C@@H](O)[C@H]7O)[C@@H](O)[C@H](O)[C@H]6O)[C@@H](O)[C@H](O)[C@H]5O)CC[C@]43O)C2)O[C@H](C)[C@@H]1O[C@@H]1O[C@H](CO[C@@H]2O[C@H](CO)[C@@H](O)[C@H](O)[C@H]2O)[C@@H](O)[C@H](O)[C@H]1O. The summed E-state index contributed by atoms with van der Waals surface area (Å²) in [5.74, 6) is -0.921. The van der Waals surface area contributed by atoms with Gasteiger partial charge in [-0.25, -0.2) is 0 Å². The molecular formula is C58H96O29. The predicted octanol–water partition coefficient (Wildman–Crippen LogP) is -6.38. The summed E-state index contributed by atoms with van der Waals surface area (Å²) < 4.78 is 64.7. The molecule has 0 aromatic carbocycles. The third-order valence-corrected chi connectivity index (χ3v) is 22.4. The first-order chi connectivity index (χ1) is 41.0. The number of rotatable bonds is 16. The van der Waals surface area contributed by atoms with Crippen LogP contribution in [0.15, 0.2) is 11.6 Å². The molecule has 29 nitrogen and oxygen atoms in total. The van der Waals surface area contributed by atoms with Crippen molar-refractivity contribution >= 4 is 0 Å². The Bertz CT molecular complexity index is 2310. The first-order valence-corrected chi connectivity index (χ1v) is 30.9. The van der Waals surface area contributed by atoms with Crippen LogP contribution in [-0.4, -0.2) is 315 Å². The van der Waals surface area contributed by atoms with Crippen LogP contribution in [0.2, 0.25) is 0 Å². The van der Waals surface area contributed by atoms with Crippen LogP contribution in [0.4, 0.5) is 0 Å². The van der Waals surface area contributed by atoms with Crippen LogP contribution in [0.1, 0.15) is 86.0 Å². The fourth-order valence-corrected chi connectivity index (χ4v) is 16.9. The van der Waals surface area contributed by atoms with E-state index in [0.29, 0.717) is 38.5 Å².